The Morgan fingerprint density at radius 2 is 2.25 bits per heavy atom. The highest BCUT2D eigenvalue weighted by atomic mass is 32.1. The maximum atomic E-state index is 13.0. The molecule has 0 atom stereocenters. The molecule has 1 aromatic carbocycles. The zero-order valence-corrected chi connectivity index (χ0v) is 9.21. The first-order chi connectivity index (χ1) is 7.58. The fraction of sp³-hybridized carbons (Fsp3) is 0.0909. The fourth-order valence-corrected chi connectivity index (χ4v) is 2.18. The van der Waals surface area contributed by atoms with Crippen LogP contribution in [0.1, 0.15) is 14.7 Å². The number of carboxylic acid groups (broad SMARTS) is 1. The van der Waals surface area contributed by atoms with Crippen LogP contribution >= 0.6 is 11.3 Å². The average Bonchev–Trinajstić information content (AvgIpc) is 2.60. The number of thiazole rings is 1. The lowest BCUT2D eigenvalue weighted by atomic mass is 10.1. The first kappa shape index (κ1) is 10.8. The second-order valence-electron chi connectivity index (χ2n) is 3.23. The number of rotatable bonds is 2. The van der Waals surface area contributed by atoms with Crippen LogP contribution in [-0.4, -0.2) is 16.1 Å². The maximum Gasteiger partial charge on any atom is 0.348 e. The number of aromatic carboxylic acids is 1. The molecule has 0 amide bonds. The number of nitrogens with zero attached hydrogens (tertiary/aromatic N) is 1. The van der Waals surface area contributed by atoms with Gasteiger partial charge in [-0.05, 0) is 19.1 Å². The van der Waals surface area contributed by atoms with E-state index in [0.717, 1.165) is 11.3 Å². The normalized spacial score (nSPS) is 10.4. The van der Waals surface area contributed by atoms with Gasteiger partial charge in [-0.3, -0.25) is 0 Å². The Morgan fingerprint density at radius 3 is 2.88 bits per heavy atom. The summed E-state index contributed by atoms with van der Waals surface area (Å²) in [7, 11) is 0. The van der Waals surface area contributed by atoms with Crippen molar-refractivity contribution in [3.05, 3.63) is 40.0 Å². The van der Waals surface area contributed by atoms with Gasteiger partial charge < -0.3 is 5.11 Å². The monoisotopic (exact) mass is 237 g/mol. The quantitative estimate of drug-likeness (QED) is 0.873. The van der Waals surface area contributed by atoms with Crippen LogP contribution in [0.4, 0.5) is 4.39 Å². The second-order valence-corrected chi connectivity index (χ2v) is 4.43. The van der Waals surface area contributed by atoms with Gasteiger partial charge in [0.15, 0.2) is 0 Å². The van der Waals surface area contributed by atoms with Crippen molar-refractivity contribution in [1.82, 2.24) is 4.98 Å². The molecule has 3 nitrogen and oxygen atoms in total. The summed E-state index contributed by atoms with van der Waals surface area (Å²) in [6, 6.07) is 5.76. The molecule has 0 saturated carbocycles. The molecule has 0 aliphatic carbocycles. The summed E-state index contributed by atoms with van der Waals surface area (Å²) in [5.74, 6) is -1.44. The molecular weight excluding hydrogens is 229 g/mol. The number of hydrogen-bond donors (Lipinski definition) is 1. The van der Waals surface area contributed by atoms with E-state index in [1.165, 1.54) is 18.2 Å². The van der Waals surface area contributed by atoms with Crippen molar-refractivity contribution >= 4 is 17.3 Å². The van der Waals surface area contributed by atoms with Gasteiger partial charge in [-0.1, -0.05) is 12.1 Å². The summed E-state index contributed by atoms with van der Waals surface area (Å²) in [4.78, 5) is 15.2. The van der Waals surface area contributed by atoms with Crippen LogP contribution in [0, 0.1) is 12.7 Å². The SMILES string of the molecule is Cc1nc(-c2cccc(F)c2)c(C(=O)O)s1. The summed E-state index contributed by atoms with van der Waals surface area (Å²) in [6.45, 7) is 1.72. The van der Waals surface area contributed by atoms with Crippen molar-refractivity contribution in [1.29, 1.82) is 0 Å². The predicted octanol–water partition coefficient (Wildman–Crippen LogP) is 2.96. The van der Waals surface area contributed by atoms with E-state index in [2.05, 4.69) is 4.98 Å². The molecule has 2 aromatic rings. The number of benzene rings is 1. The molecule has 1 N–H and O–H groups in total. The highest BCUT2D eigenvalue weighted by molar-refractivity contribution is 7.14. The van der Waals surface area contributed by atoms with Gasteiger partial charge in [-0.15, -0.1) is 11.3 Å². The smallest absolute Gasteiger partial charge is 0.348 e. The molecule has 0 aliphatic rings. The van der Waals surface area contributed by atoms with Gasteiger partial charge in [0.2, 0.25) is 0 Å². The average molecular weight is 237 g/mol. The molecule has 16 heavy (non-hydrogen) atoms. The molecular formula is C11H8FNO2S. The molecule has 1 heterocycles. The van der Waals surface area contributed by atoms with Gasteiger partial charge in [0.25, 0.3) is 0 Å². The Labute approximate surface area is 95.2 Å². The van der Waals surface area contributed by atoms with Gasteiger partial charge in [0.1, 0.15) is 10.7 Å². The van der Waals surface area contributed by atoms with Crippen molar-refractivity contribution in [2.75, 3.05) is 0 Å². The Bertz CT molecular complexity index is 551. The zero-order valence-electron chi connectivity index (χ0n) is 8.40. The highest BCUT2D eigenvalue weighted by Crippen LogP contribution is 2.28. The third-order valence-electron chi connectivity index (χ3n) is 2.03. The summed E-state index contributed by atoms with van der Waals surface area (Å²) >= 11 is 1.09. The lowest BCUT2D eigenvalue weighted by Crippen LogP contribution is -1.95. The molecule has 0 radical (unpaired) electrons. The minimum Gasteiger partial charge on any atom is -0.477 e. The summed E-state index contributed by atoms with van der Waals surface area (Å²) in [5, 5.41) is 9.64. The number of carboxylic acids is 1. The Morgan fingerprint density at radius 1 is 1.50 bits per heavy atom. The van der Waals surface area contributed by atoms with E-state index in [1.807, 2.05) is 0 Å². The van der Waals surface area contributed by atoms with E-state index in [9.17, 15) is 9.18 Å². The van der Waals surface area contributed by atoms with Crippen molar-refractivity contribution < 1.29 is 14.3 Å². The lowest BCUT2D eigenvalue weighted by Gasteiger charge is -1.98. The van der Waals surface area contributed by atoms with E-state index in [4.69, 9.17) is 5.11 Å². The van der Waals surface area contributed by atoms with E-state index < -0.39 is 11.8 Å². The number of hydrogen-bond acceptors (Lipinski definition) is 3. The third kappa shape index (κ3) is 1.94. The molecule has 5 heteroatoms. The van der Waals surface area contributed by atoms with E-state index in [1.54, 1.807) is 13.0 Å². The van der Waals surface area contributed by atoms with Crippen molar-refractivity contribution in [2.24, 2.45) is 0 Å². The van der Waals surface area contributed by atoms with E-state index >= 15 is 0 Å². The van der Waals surface area contributed by atoms with Crippen molar-refractivity contribution in [3.8, 4) is 11.3 Å². The number of carbonyl (C=O) groups is 1. The third-order valence-corrected chi connectivity index (χ3v) is 2.99. The van der Waals surface area contributed by atoms with Crippen LogP contribution in [0.3, 0.4) is 0 Å². The topological polar surface area (TPSA) is 50.2 Å². The van der Waals surface area contributed by atoms with Crippen LogP contribution in [-0.2, 0) is 0 Å². The number of aromatic nitrogens is 1. The molecule has 0 saturated heterocycles. The highest BCUT2D eigenvalue weighted by Gasteiger charge is 2.17. The molecule has 82 valence electrons. The maximum absolute atomic E-state index is 13.0. The van der Waals surface area contributed by atoms with Crippen LogP contribution in [0.15, 0.2) is 24.3 Å². The molecule has 2 rings (SSSR count). The molecule has 0 fully saturated rings. The number of halogens is 1. The minimum absolute atomic E-state index is 0.142. The fourth-order valence-electron chi connectivity index (χ4n) is 1.40. The minimum atomic E-state index is -1.04. The Balaban J connectivity index is 2.59. The van der Waals surface area contributed by atoms with Crippen molar-refractivity contribution in [3.63, 3.8) is 0 Å². The molecule has 0 spiro atoms. The standard InChI is InChI=1S/C11H8FNO2S/c1-6-13-9(10(16-6)11(14)15)7-3-2-4-8(12)5-7/h2-5H,1H3,(H,14,15). The van der Waals surface area contributed by atoms with Gasteiger partial charge in [-0.2, -0.15) is 0 Å². The summed E-state index contributed by atoms with van der Waals surface area (Å²) < 4.78 is 13.0. The largest absolute Gasteiger partial charge is 0.477 e. The van der Waals surface area contributed by atoms with Gasteiger partial charge >= 0.3 is 5.97 Å². The first-order valence-corrected chi connectivity index (χ1v) is 5.36. The Hall–Kier alpha value is -1.75. The molecule has 0 aliphatic heterocycles. The molecule has 0 bridgehead atoms. The first-order valence-electron chi connectivity index (χ1n) is 4.54. The van der Waals surface area contributed by atoms with Crippen LogP contribution in [0.5, 0.6) is 0 Å². The molecule has 0 unspecified atom stereocenters. The van der Waals surface area contributed by atoms with Gasteiger partial charge in [0.05, 0.1) is 10.7 Å². The van der Waals surface area contributed by atoms with E-state index in [-0.39, 0.29) is 4.88 Å². The summed E-state index contributed by atoms with van der Waals surface area (Å²) in [6.07, 6.45) is 0. The predicted molar refractivity (Wildman–Crippen MR) is 59.2 cm³/mol. The lowest BCUT2D eigenvalue weighted by molar-refractivity contribution is 0.0702. The van der Waals surface area contributed by atoms with E-state index in [0.29, 0.717) is 16.3 Å². The summed E-state index contributed by atoms with van der Waals surface area (Å²) in [5.41, 5.74) is 0.816. The van der Waals surface area contributed by atoms with Gasteiger partial charge in [0, 0.05) is 5.56 Å². The van der Waals surface area contributed by atoms with Crippen LogP contribution < -0.4 is 0 Å². The zero-order chi connectivity index (χ0) is 11.7. The second kappa shape index (κ2) is 4.02. The number of aryl methyl sites for hydroxylation is 1. The van der Waals surface area contributed by atoms with Crippen LogP contribution in [0.2, 0.25) is 0 Å². The Kier molecular flexibility index (Phi) is 2.70. The van der Waals surface area contributed by atoms with Crippen LogP contribution in [0.25, 0.3) is 11.3 Å². The molecule has 1 aromatic heterocycles. The van der Waals surface area contributed by atoms with Gasteiger partial charge in [-0.25, -0.2) is 14.2 Å². The van der Waals surface area contributed by atoms with Crippen molar-refractivity contribution in [2.45, 2.75) is 6.92 Å².